The van der Waals surface area contributed by atoms with Crippen molar-refractivity contribution >= 4 is 33.2 Å². The minimum Gasteiger partial charge on any atom is -0.371 e. The second kappa shape index (κ2) is 4.79. The summed E-state index contributed by atoms with van der Waals surface area (Å²) in [7, 11) is 0. The van der Waals surface area contributed by atoms with Crippen molar-refractivity contribution < 1.29 is 4.74 Å². The van der Waals surface area contributed by atoms with Gasteiger partial charge in [0.1, 0.15) is 0 Å². The second-order valence-corrected chi connectivity index (χ2v) is 5.95. The van der Waals surface area contributed by atoms with Crippen LogP contribution < -0.4 is 4.90 Å². The molecule has 0 aromatic heterocycles. The SMILES string of the molecule is ClCc1cc(Br)ccc1N1CC2CCC(C1)O2. The highest BCUT2D eigenvalue weighted by Gasteiger charge is 2.34. The zero-order valence-electron chi connectivity index (χ0n) is 9.53. The Labute approximate surface area is 115 Å². The average Bonchev–Trinajstić information content (AvgIpc) is 2.68. The van der Waals surface area contributed by atoms with Gasteiger partial charge in [0.15, 0.2) is 0 Å². The first-order valence-electron chi connectivity index (χ1n) is 6.01. The number of alkyl halides is 1. The zero-order chi connectivity index (χ0) is 11.8. The van der Waals surface area contributed by atoms with Gasteiger partial charge < -0.3 is 9.64 Å². The van der Waals surface area contributed by atoms with E-state index in [0.717, 1.165) is 17.6 Å². The summed E-state index contributed by atoms with van der Waals surface area (Å²) < 4.78 is 6.95. The van der Waals surface area contributed by atoms with Crippen LogP contribution in [-0.2, 0) is 10.6 Å². The molecule has 0 spiro atoms. The Hall–Kier alpha value is -0.250. The van der Waals surface area contributed by atoms with Crippen LogP contribution in [0.3, 0.4) is 0 Å². The van der Waals surface area contributed by atoms with Gasteiger partial charge >= 0.3 is 0 Å². The minimum atomic E-state index is 0.417. The van der Waals surface area contributed by atoms with E-state index in [0.29, 0.717) is 18.1 Å². The van der Waals surface area contributed by atoms with E-state index >= 15 is 0 Å². The lowest BCUT2D eigenvalue weighted by Gasteiger charge is -2.35. The van der Waals surface area contributed by atoms with Crippen molar-refractivity contribution in [2.45, 2.75) is 30.9 Å². The number of morpholine rings is 1. The standard InChI is InChI=1S/C13H15BrClNO/c14-10-1-4-13(9(5-10)6-15)16-7-11-2-3-12(8-16)17-11/h1,4-5,11-12H,2-3,6-8H2. The number of nitrogens with zero attached hydrogens (tertiary/aromatic N) is 1. The number of rotatable bonds is 2. The van der Waals surface area contributed by atoms with E-state index in [1.807, 2.05) is 0 Å². The molecular formula is C13H15BrClNO. The number of benzene rings is 1. The molecule has 0 aliphatic carbocycles. The summed E-state index contributed by atoms with van der Waals surface area (Å²) >= 11 is 9.53. The number of halogens is 2. The van der Waals surface area contributed by atoms with Gasteiger partial charge in [0.2, 0.25) is 0 Å². The smallest absolute Gasteiger partial charge is 0.0755 e. The molecule has 2 heterocycles. The molecular weight excluding hydrogens is 302 g/mol. The zero-order valence-corrected chi connectivity index (χ0v) is 11.9. The van der Waals surface area contributed by atoms with Crippen molar-refractivity contribution in [2.75, 3.05) is 18.0 Å². The molecule has 0 radical (unpaired) electrons. The third-order valence-electron chi connectivity index (χ3n) is 3.57. The topological polar surface area (TPSA) is 12.5 Å². The lowest BCUT2D eigenvalue weighted by Crippen LogP contribution is -2.43. The number of hydrogen-bond acceptors (Lipinski definition) is 2. The summed E-state index contributed by atoms with van der Waals surface area (Å²) in [5, 5.41) is 0. The Morgan fingerprint density at radius 1 is 1.29 bits per heavy atom. The van der Waals surface area contributed by atoms with Gasteiger partial charge in [-0.1, -0.05) is 15.9 Å². The predicted octanol–water partition coefficient (Wildman–Crippen LogP) is 3.56. The van der Waals surface area contributed by atoms with E-state index < -0.39 is 0 Å². The number of anilines is 1. The van der Waals surface area contributed by atoms with Gasteiger partial charge in [0.25, 0.3) is 0 Å². The molecule has 0 saturated carbocycles. The number of ether oxygens (including phenoxy) is 1. The molecule has 4 heteroatoms. The fourth-order valence-electron chi connectivity index (χ4n) is 2.78. The minimum absolute atomic E-state index is 0.417. The first-order chi connectivity index (χ1) is 8.26. The molecule has 1 aromatic rings. The van der Waals surface area contributed by atoms with Crippen LogP contribution in [0, 0.1) is 0 Å². The predicted molar refractivity (Wildman–Crippen MR) is 73.8 cm³/mol. The molecule has 2 fully saturated rings. The molecule has 2 aliphatic rings. The molecule has 17 heavy (non-hydrogen) atoms. The second-order valence-electron chi connectivity index (χ2n) is 4.77. The van der Waals surface area contributed by atoms with E-state index in [2.05, 4.69) is 39.0 Å². The van der Waals surface area contributed by atoms with Crippen LogP contribution in [-0.4, -0.2) is 25.3 Å². The molecule has 2 saturated heterocycles. The Morgan fingerprint density at radius 3 is 2.65 bits per heavy atom. The molecule has 2 aliphatic heterocycles. The van der Waals surface area contributed by atoms with Crippen LogP contribution >= 0.6 is 27.5 Å². The van der Waals surface area contributed by atoms with Gasteiger partial charge in [-0.2, -0.15) is 0 Å². The Morgan fingerprint density at radius 2 is 2.00 bits per heavy atom. The maximum atomic E-state index is 6.03. The molecule has 92 valence electrons. The van der Waals surface area contributed by atoms with Crippen molar-refractivity contribution in [1.29, 1.82) is 0 Å². The number of hydrogen-bond donors (Lipinski definition) is 0. The fraction of sp³-hybridized carbons (Fsp3) is 0.538. The monoisotopic (exact) mass is 315 g/mol. The summed E-state index contributed by atoms with van der Waals surface area (Å²) in [6.07, 6.45) is 3.24. The van der Waals surface area contributed by atoms with Crippen LogP contribution in [0.1, 0.15) is 18.4 Å². The molecule has 2 atom stereocenters. The lowest BCUT2D eigenvalue weighted by atomic mass is 10.1. The van der Waals surface area contributed by atoms with Crippen LogP contribution in [0.2, 0.25) is 0 Å². The van der Waals surface area contributed by atoms with Crippen LogP contribution in [0.25, 0.3) is 0 Å². The number of fused-ring (bicyclic) bond motifs is 2. The van der Waals surface area contributed by atoms with E-state index in [9.17, 15) is 0 Å². The molecule has 3 rings (SSSR count). The van der Waals surface area contributed by atoms with Crippen molar-refractivity contribution in [1.82, 2.24) is 0 Å². The molecule has 2 bridgehead atoms. The Bertz CT molecular complexity index is 414. The van der Waals surface area contributed by atoms with E-state index in [-0.39, 0.29) is 0 Å². The molecule has 2 unspecified atom stereocenters. The van der Waals surface area contributed by atoms with Gasteiger partial charge in [-0.3, -0.25) is 0 Å². The average molecular weight is 317 g/mol. The summed E-state index contributed by atoms with van der Waals surface area (Å²) in [5.74, 6) is 0.557. The molecule has 0 N–H and O–H groups in total. The van der Waals surface area contributed by atoms with Gasteiger partial charge in [-0.15, -0.1) is 11.6 Å². The highest BCUT2D eigenvalue weighted by molar-refractivity contribution is 9.10. The summed E-state index contributed by atoms with van der Waals surface area (Å²) in [5.41, 5.74) is 2.46. The van der Waals surface area contributed by atoms with Crippen molar-refractivity contribution in [2.24, 2.45) is 0 Å². The van der Waals surface area contributed by atoms with E-state index in [1.165, 1.54) is 24.1 Å². The molecule has 2 nitrogen and oxygen atoms in total. The van der Waals surface area contributed by atoms with Gasteiger partial charge in [-0.05, 0) is 36.6 Å². The maximum absolute atomic E-state index is 6.03. The molecule has 1 aromatic carbocycles. The normalized spacial score (nSPS) is 27.5. The third kappa shape index (κ3) is 2.33. The van der Waals surface area contributed by atoms with Crippen LogP contribution in [0.5, 0.6) is 0 Å². The van der Waals surface area contributed by atoms with Crippen molar-refractivity contribution in [3.8, 4) is 0 Å². The lowest BCUT2D eigenvalue weighted by molar-refractivity contribution is 0.0304. The molecule has 0 amide bonds. The van der Waals surface area contributed by atoms with Gasteiger partial charge in [-0.25, -0.2) is 0 Å². The largest absolute Gasteiger partial charge is 0.371 e. The van der Waals surface area contributed by atoms with Crippen LogP contribution in [0.15, 0.2) is 22.7 Å². The first kappa shape index (κ1) is 11.8. The first-order valence-corrected chi connectivity index (χ1v) is 7.34. The van der Waals surface area contributed by atoms with Gasteiger partial charge in [0.05, 0.1) is 12.2 Å². The van der Waals surface area contributed by atoms with Gasteiger partial charge in [0, 0.05) is 29.1 Å². The summed E-state index contributed by atoms with van der Waals surface area (Å²) in [4.78, 5) is 2.43. The van der Waals surface area contributed by atoms with E-state index in [4.69, 9.17) is 16.3 Å². The van der Waals surface area contributed by atoms with E-state index in [1.54, 1.807) is 0 Å². The Balaban J connectivity index is 1.88. The summed E-state index contributed by atoms with van der Waals surface area (Å²) in [6.45, 7) is 2.00. The fourth-order valence-corrected chi connectivity index (χ4v) is 3.40. The third-order valence-corrected chi connectivity index (χ3v) is 4.35. The summed E-state index contributed by atoms with van der Waals surface area (Å²) in [6, 6.07) is 6.36. The maximum Gasteiger partial charge on any atom is 0.0755 e. The quantitative estimate of drug-likeness (QED) is 0.774. The Kier molecular flexibility index (Phi) is 3.33. The van der Waals surface area contributed by atoms with Crippen LogP contribution in [0.4, 0.5) is 5.69 Å². The highest BCUT2D eigenvalue weighted by atomic mass is 79.9. The van der Waals surface area contributed by atoms with Crippen molar-refractivity contribution in [3.63, 3.8) is 0 Å². The van der Waals surface area contributed by atoms with Crippen molar-refractivity contribution in [3.05, 3.63) is 28.2 Å². The highest BCUT2D eigenvalue weighted by Crippen LogP contribution is 2.33.